The van der Waals surface area contributed by atoms with Gasteiger partial charge in [0.15, 0.2) is 0 Å². The lowest BCUT2D eigenvalue weighted by Gasteiger charge is -2.10. The van der Waals surface area contributed by atoms with Crippen LogP contribution in [0, 0.1) is 11.3 Å². The van der Waals surface area contributed by atoms with Gasteiger partial charge in [-0.05, 0) is 51.8 Å². The summed E-state index contributed by atoms with van der Waals surface area (Å²) in [4.78, 5) is 0.184. The lowest BCUT2D eigenvalue weighted by Crippen LogP contribution is -2.13. The molecule has 0 unspecified atom stereocenters. The molecule has 0 heterocycles. The fourth-order valence-electron chi connectivity index (χ4n) is 1.63. The molecular weight excluding hydrogens is 420 g/mol. The minimum Gasteiger partial charge on any atom is -0.278 e. The van der Waals surface area contributed by atoms with E-state index in [1.54, 1.807) is 42.5 Å². The first-order chi connectivity index (χ1) is 9.96. The lowest BCUT2D eigenvalue weighted by atomic mass is 10.2. The zero-order valence-corrected chi connectivity index (χ0v) is 14.7. The smallest absolute Gasteiger partial charge is 0.261 e. The summed E-state index contributed by atoms with van der Waals surface area (Å²) in [5.41, 5.74) is 1.83. The molecule has 0 saturated carbocycles. The molecule has 0 saturated heterocycles. The van der Waals surface area contributed by atoms with Gasteiger partial charge in [0.05, 0.1) is 22.2 Å². The molecule has 2 rings (SSSR count). The van der Waals surface area contributed by atoms with Crippen LogP contribution < -0.4 is 4.72 Å². The van der Waals surface area contributed by atoms with Gasteiger partial charge in [-0.25, -0.2) is 8.42 Å². The molecule has 108 valence electrons. The summed E-state index contributed by atoms with van der Waals surface area (Å²) in [5.74, 6) is 0. The average Bonchev–Trinajstić information content (AvgIpc) is 2.49. The van der Waals surface area contributed by atoms with Gasteiger partial charge in [-0.3, -0.25) is 4.72 Å². The maximum Gasteiger partial charge on any atom is 0.261 e. The number of benzene rings is 2. The monoisotopic (exact) mass is 428 g/mol. The Morgan fingerprint density at radius 3 is 2.33 bits per heavy atom. The highest BCUT2D eigenvalue weighted by molar-refractivity contribution is 9.10. The average molecular weight is 430 g/mol. The Kier molecular flexibility index (Phi) is 5.04. The van der Waals surface area contributed by atoms with E-state index in [0.29, 0.717) is 21.1 Å². The van der Waals surface area contributed by atoms with Crippen LogP contribution in [0.5, 0.6) is 0 Å². The normalized spacial score (nSPS) is 10.9. The van der Waals surface area contributed by atoms with E-state index in [1.165, 1.54) is 0 Å². The Hall–Kier alpha value is -1.36. The quantitative estimate of drug-likeness (QED) is 0.746. The number of nitrogens with one attached hydrogen (secondary N) is 1. The number of sulfonamides is 1. The number of anilines is 1. The van der Waals surface area contributed by atoms with Crippen molar-refractivity contribution < 1.29 is 8.42 Å². The van der Waals surface area contributed by atoms with Gasteiger partial charge >= 0.3 is 0 Å². The van der Waals surface area contributed by atoms with Crippen molar-refractivity contribution in [1.29, 1.82) is 5.26 Å². The highest BCUT2D eigenvalue weighted by Crippen LogP contribution is 2.26. The first kappa shape index (κ1) is 16.0. The minimum atomic E-state index is -3.66. The van der Waals surface area contributed by atoms with Gasteiger partial charge < -0.3 is 0 Å². The van der Waals surface area contributed by atoms with Gasteiger partial charge in [-0.15, -0.1) is 0 Å². The molecule has 2 aromatic rings. The largest absolute Gasteiger partial charge is 0.278 e. The van der Waals surface area contributed by atoms with E-state index >= 15 is 0 Å². The van der Waals surface area contributed by atoms with Crippen LogP contribution >= 0.6 is 31.9 Å². The zero-order valence-electron chi connectivity index (χ0n) is 10.7. The van der Waals surface area contributed by atoms with Gasteiger partial charge in [0, 0.05) is 9.80 Å². The lowest BCUT2D eigenvalue weighted by molar-refractivity contribution is 0.601. The topological polar surface area (TPSA) is 70.0 Å². The second-order valence-electron chi connectivity index (χ2n) is 4.19. The summed E-state index contributed by atoms with van der Waals surface area (Å²) in [6.07, 6.45) is 0. The Bertz CT molecular complexity index is 797. The van der Waals surface area contributed by atoms with Crippen LogP contribution in [0.4, 0.5) is 5.69 Å². The number of alkyl halides is 1. The number of hydrogen-bond acceptors (Lipinski definition) is 3. The van der Waals surface area contributed by atoms with Crippen molar-refractivity contribution in [3.63, 3.8) is 0 Å². The van der Waals surface area contributed by atoms with Crippen LogP contribution in [-0.4, -0.2) is 8.42 Å². The van der Waals surface area contributed by atoms with Crippen LogP contribution in [0.2, 0.25) is 0 Å². The zero-order chi connectivity index (χ0) is 15.5. The summed E-state index contributed by atoms with van der Waals surface area (Å²) in [7, 11) is -3.66. The second kappa shape index (κ2) is 6.60. The Morgan fingerprint density at radius 1 is 1.14 bits per heavy atom. The minimum absolute atomic E-state index is 0.184. The van der Waals surface area contributed by atoms with Gasteiger partial charge in [0.1, 0.15) is 0 Å². The summed E-state index contributed by atoms with van der Waals surface area (Å²) >= 11 is 6.56. The summed E-state index contributed by atoms with van der Waals surface area (Å²) in [5, 5.41) is 9.47. The van der Waals surface area contributed by atoms with Crippen LogP contribution in [0.25, 0.3) is 0 Å². The van der Waals surface area contributed by atoms with Gasteiger partial charge in [-0.1, -0.05) is 28.1 Å². The highest BCUT2D eigenvalue weighted by atomic mass is 79.9. The van der Waals surface area contributed by atoms with E-state index < -0.39 is 10.0 Å². The van der Waals surface area contributed by atoms with Gasteiger partial charge in [0.2, 0.25) is 0 Å². The molecule has 0 atom stereocenters. The van der Waals surface area contributed by atoms with Crippen LogP contribution in [0.1, 0.15) is 11.1 Å². The molecule has 0 aliphatic rings. The third-order valence-corrected chi connectivity index (χ3v) is 5.42. The molecule has 0 amide bonds. The summed E-state index contributed by atoms with van der Waals surface area (Å²) in [6, 6.07) is 13.3. The molecule has 0 fully saturated rings. The van der Waals surface area contributed by atoms with E-state index in [4.69, 9.17) is 5.26 Å². The fraction of sp³-hybridized carbons (Fsp3) is 0.0714. The molecule has 0 radical (unpaired) electrons. The first-order valence-electron chi connectivity index (χ1n) is 5.83. The number of halogens is 2. The molecule has 4 nitrogen and oxygen atoms in total. The number of nitrogens with zero attached hydrogens (tertiary/aromatic N) is 1. The summed E-state index contributed by atoms with van der Waals surface area (Å²) < 4.78 is 27.6. The molecule has 1 N–H and O–H groups in total. The van der Waals surface area contributed by atoms with Gasteiger partial charge in [-0.2, -0.15) is 5.26 Å². The number of nitriles is 1. The predicted molar refractivity (Wildman–Crippen MR) is 88.7 cm³/mol. The van der Waals surface area contributed by atoms with Crippen molar-refractivity contribution in [2.45, 2.75) is 10.2 Å². The number of hydrogen-bond donors (Lipinski definition) is 1. The molecule has 7 heteroatoms. The second-order valence-corrected chi connectivity index (χ2v) is 7.29. The van der Waals surface area contributed by atoms with E-state index in [2.05, 4.69) is 36.6 Å². The molecule has 0 bridgehead atoms. The molecule has 0 aromatic heterocycles. The predicted octanol–water partition coefficient (Wildman–Crippen LogP) is 4.02. The third-order valence-electron chi connectivity index (χ3n) is 2.73. The fourth-order valence-corrected chi connectivity index (χ4v) is 3.69. The first-order valence-corrected chi connectivity index (χ1v) is 9.23. The van der Waals surface area contributed by atoms with Crippen molar-refractivity contribution in [3.8, 4) is 6.07 Å². The molecule has 0 aliphatic heterocycles. The Labute approximate surface area is 140 Å². The summed E-state index contributed by atoms with van der Waals surface area (Å²) in [6.45, 7) is 0. The van der Waals surface area contributed by atoms with Crippen molar-refractivity contribution in [1.82, 2.24) is 0 Å². The van der Waals surface area contributed by atoms with Gasteiger partial charge in [0.25, 0.3) is 10.0 Å². The van der Waals surface area contributed by atoms with E-state index in [-0.39, 0.29) is 4.90 Å². The SMILES string of the molecule is N#Cc1ccc(NS(=O)(=O)c2ccc(CBr)cc2)c(Br)c1. The molecule has 21 heavy (non-hydrogen) atoms. The van der Waals surface area contributed by atoms with E-state index in [9.17, 15) is 8.42 Å². The van der Waals surface area contributed by atoms with Crippen LogP contribution in [-0.2, 0) is 15.4 Å². The maximum atomic E-state index is 12.3. The standard InChI is InChI=1S/C14H10Br2N2O2S/c15-8-10-1-4-12(5-2-10)21(19,20)18-14-6-3-11(9-17)7-13(14)16/h1-7,18H,8H2. The van der Waals surface area contributed by atoms with Crippen molar-refractivity contribution in [2.24, 2.45) is 0 Å². The van der Waals surface area contributed by atoms with E-state index in [1.807, 2.05) is 6.07 Å². The number of rotatable bonds is 4. The molecular formula is C14H10Br2N2O2S. The van der Waals surface area contributed by atoms with Crippen LogP contribution in [0.3, 0.4) is 0 Å². The van der Waals surface area contributed by atoms with E-state index in [0.717, 1.165) is 5.56 Å². The molecule has 0 spiro atoms. The van der Waals surface area contributed by atoms with Crippen LogP contribution in [0.15, 0.2) is 51.8 Å². The third kappa shape index (κ3) is 3.84. The molecule has 0 aliphatic carbocycles. The Balaban J connectivity index is 2.30. The Morgan fingerprint density at radius 2 is 1.81 bits per heavy atom. The highest BCUT2D eigenvalue weighted by Gasteiger charge is 2.15. The maximum absolute atomic E-state index is 12.3. The van der Waals surface area contributed by atoms with Crippen molar-refractivity contribution in [2.75, 3.05) is 4.72 Å². The molecule has 2 aromatic carbocycles. The van der Waals surface area contributed by atoms with Crippen molar-refractivity contribution >= 4 is 47.6 Å². The van der Waals surface area contributed by atoms with Crippen molar-refractivity contribution in [3.05, 3.63) is 58.1 Å².